The molecule has 1 aromatic rings. The third kappa shape index (κ3) is 3.31. The van der Waals surface area contributed by atoms with Gasteiger partial charge in [0, 0.05) is 32.3 Å². The van der Waals surface area contributed by atoms with Gasteiger partial charge in [-0.2, -0.15) is 0 Å². The number of hydrogen-bond donors (Lipinski definition) is 1. The lowest BCUT2D eigenvalue weighted by Crippen LogP contribution is -2.42. The summed E-state index contributed by atoms with van der Waals surface area (Å²) in [6.07, 6.45) is 2.18. The number of hydrogen-bond acceptors (Lipinski definition) is 4. The molecular formula is C12H18N4O3. The summed E-state index contributed by atoms with van der Waals surface area (Å²) in [4.78, 5) is 29.3. The van der Waals surface area contributed by atoms with Gasteiger partial charge in [-0.3, -0.25) is 10.1 Å². The summed E-state index contributed by atoms with van der Waals surface area (Å²) < 4.78 is 6.69. The first-order valence-corrected chi connectivity index (χ1v) is 6.26. The summed E-state index contributed by atoms with van der Waals surface area (Å²) in [6.45, 7) is 3.71. The third-order valence-electron chi connectivity index (χ3n) is 3.16. The molecule has 1 aliphatic heterocycles. The summed E-state index contributed by atoms with van der Waals surface area (Å²) in [5.41, 5.74) is -0.211. The Hall–Kier alpha value is -1.89. The fourth-order valence-electron chi connectivity index (χ4n) is 1.91. The number of aromatic nitrogens is 2. The van der Waals surface area contributed by atoms with Gasteiger partial charge in [-0.1, -0.05) is 0 Å². The number of nitrogens with one attached hydrogen (secondary N) is 1. The molecule has 0 saturated carbocycles. The molecule has 0 aromatic carbocycles. The van der Waals surface area contributed by atoms with Crippen molar-refractivity contribution in [3.63, 3.8) is 0 Å². The average Bonchev–Trinajstić information content (AvgIpc) is 2.58. The van der Waals surface area contributed by atoms with E-state index >= 15 is 0 Å². The van der Waals surface area contributed by atoms with Crippen molar-refractivity contribution in [2.24, 2.45) is 7.05 Å². The van der Waals surface area contributed by atoms with Crippen LogP contribution in [0.1, 0.15) is 13.3 Å². The molecule has 1 unspecified atom stereocenters. The van der Waals surface area contributed by atoms with E-state index in [1.807, 2.05) is 6.92 Å². The summed E-state index contributed by atoms with van der Waals surface area (Å²) in [7, 11) is 1.61. The Labute approximate surface area is 111 Å². The van der Waals surface area contributed by atoms with Crippen LogP contribution in [0.2, 0.25) is 0 Å². The number of nitrogens with zero attached hydrogens (tertiary/aromatic N) is 3. The van der Waals surface area contributed by atoms with E-state index in [9.17, 15) is 9.59 Å². The van der Waals surface area contributed by atoms with Crippen LogP contribution in [-0.2, 0) is 11.8 Å². The van der Waals surface area contributed by atoms with Crippen LogP contribution >= 0.6 is 0 Å². The Morgan fingerprint density at radius 2 is 2.32 bits per heavy atom. The molecule has 1 aromatic heterocycles. The van der Waals surface area contributed by atoms with E-state index in [0.29, 0.717) is 19.8 Å². The number of carbonyl (C=O) groups excluding carboxylic acids is 1. The van der Waals surface area contributed by atoms with Gasteiger partial charge in [0.25, 0.3) is 5.56 Å². The van der Waals surface area contributed by atoms with Gasteiger partial charge in [0.2, 0.25) is 0 Å². The number of carbonyl (C=O) groups is 1. The molecule has 19 heavy (non-hydrogen) atoms. The van der Waals surface area contributed by atoms with Crippen molar-refractivity contribution < 1.29 is 9.53 Å². The molecule has 0 bridgehead atoms. The van der Waals surface area contributed by atoms with E-state index in [0.717, 1.165) is 6.42 Å². The molecule has 1 N–H and O–H groups in total. The molecule has 1 saturated heterocycles. The van der Waals surface area contributed by atoms with Crippen LogP contribution < -0.4 is 10.9 Å². The van der Waals surface area contributed by atoms with E-state index in [1.54, 1.807) is 11.9 Å². The highest BCUT2D eigenvalue weighted by Gasteiger charge is 2.22. The number of anilines is 1. The molecule has 1 atom stereocenters. The van der Waals surface area contributed by atoms with Gasteiger partial charge in [0.1, 0.15) is 5.82 Å². The molecule has 1 aliphatic rings. The third-order valence-corrected chi connectivity index (χ3v) is 3.16. The molecule has 104 valence electrons. The molecule has 2 rings (SSSR count). The lowest BCUT2D eigenvalue weighted by molar-refractivity contribution is 0.143. The second-order valence-electron chi connectivity index (χ2n) is 4.60. The van der Waals surface area contributed by atoms with Crippen molar-refractivity contribution in [1.82, 2.24) is 14.5 Å². The summed E-state index contributed by atoms with van der Waals surface area (Å²) >= 11 is 0. The molecule has 2 amide bonds. The Balaban J connectivity index is 2.06. The van der Waals surface area contributed by atoms with E-state index in [-0.39, 0.29) is 23.5 Å². The number of urea groups is 1. The maximum atomic E-state index is 12.1. The van der Waals surface area contributed by atoms with Gasteiger partial charge in [-0.05, 0) is 13.3 Å². The van der Waals surface area contributed by atoms with E-state index < -0.39 is 0 Å². The van der Waals surface area contributed by atoms with Crippen LogP contribution in [0.4, 0.5) is 10.6 Å². The summed E-state index contributed by atoms with van der Waals surface area (Å²) in [5.74, 6) is 0.269. The molecule has 7 heteroatoms. The molecule has 7 nitrogen and oxygen atoms in total. The molecule has 0 aliphatic carbocycles. The van der Waals surface area contributed by atoms with Crippen LogP contribution in [-0.4, -0.2) is 46.3 Å². The van der Waals surface area contributed by atoms with E-state index in [1.165, 1.54) is 17.0 Å². The first-order chi connectivity index (χ1) is 9.08. The largest absolute Gasteiger partial charge is 0.380 e. The highest BCUT2D eigenvalue weighted by atomic mass is 16.5. The van der Waals surface area contributed by atoms with Crippen molar-refractivity contribution in [2.75, 3.05) is 25.1 Å². The Morgan fingerprint density at radius 3 is 3.05 bits per heavy atom. The lowest BCUT2D eigenvalue weighted by Gasteiger charge is -2.26. The molecule has 0 spiro atoms. The van der Waals surface area contributed by atoms with Crippen LogP contribution in [0.15, 0.2) is 17.2 Å². The smallest absolute Gasteiger partial charge is 0.323 e. The highest BCUT2D eigenvalue weighted by molar-refractivity contribution is 5.88. The van der Waals surface area contributed by atoms with Crippen LogP contribution in [0.5, 0.6) is 0 Å². The van der Waals surface area contributed by atoms with Crippen molar-refractivity contribution in [3.05, 3.63) is 22.7 Å². The Bertz CT molecular complexity index is 514. The predicted molar refractivity (Wildman–Crippen MR) is 70.1 cm³/mol. The monoisotopic (exact) mass is 266 g/mol. The normalized spacial score (nSPS) is 19.9. The molecule has 1 fully saturated rings. The van der Waals surface area contributed by atoms with Gasteiger partial charge >= 0.3 is 6.03 Å². The number of ether oxygens (including phenoxy) is 1. The second kappa shape index (κ2) is 5.83. The average molecular weight is 266 g/mol. The first kappa shape index (κ1) is 13.5. The van der Waals surface area contributed by atoms with Crippen molar-refractivity contribution in [1.29, 1.82) is 0 Å². The SMILES string of the molecule is CC1CCOCCN1C(=O)Nc1cc(=O)n(C)cn1. The zero-order chi connectivity index (χ0) is 13.8. The number of amides is 2. The number of aryl methyl sites for hydroxylation is 1. The summed E-state index contributed by atoms with van der Waals surface area (Å²) in [6, 6.07) is 1.16. The van der Waals surface area contributed by atoms with E-state index in [2.05, 4.69) is 10.3 Å². The van der Waals surface area contributed by atoms with Crippen LogP contribution in [0, 0.1) is 0 Å². The Kier molecular flexibility index (Phi) is 4.16. The minimum absolute atomic E-state index is 0.106. The van der Waals surface area contributed by atoms with Gasteiger partial charge in [-0.15, -0.1) is 0 Å². The maximum Gasteiger partial charge on any atom is 0.323 e. The molecular weight excluding hydrogens is 248 g/mol. The number of rotatable bonds is 1. The van der Waals surface area contributed by atoms with Crippen molar-refractivity contribution in [2.45, 2.75) is 19.4 Å². The minimum Gasteiger partial charge on any atom is -0.380 e. The maximum absolute atomic E-state index is 12.1. The second-order valence-corrected chi connectivity index (χ2v) is 4.60. The highest BCUT2D eigenvalue weighted by Crippen LogP contribution is 2.10. The molecule has 0 radical (unpaired) electrons. The topological polar surface area (TPSA) is 76.5 Å². The van der Waals surface area contributed by atoms with Gasteiger partial charge < -0.3 is 14.2 Å². The minimum atomic E-state index is -0.251. The van der Waals surface area contributed by atoms with Gasteiger partial charge in [-0.25, -0.2) is 9.78 Å². The lowest BCUT2D eigenvalue weighted by atomic mass is 10.2. The Morgan fingerprint density at radius 1 is 1.53 bits per heavy atom. The van der Waals surface area contributed by atoms with Crippen LogP contribution in [0.25, 0.3) is 0 Å². The molecule has 2 heterocycles. The van der Waals surface area contributed by atoms with E-state index in [4.69, 9.17) is 4.74 Å². The zero-order valence-corrected chi connectivity index (χ0v) is 11.1. The zero-order valence-electron chi connectivity index (χ0n) is 11.1. The van der Waals surface area contributed by atoms with Gasteiger partial charge in [0.05, 0.1) is 12.9 Å². The predicted octanol–water partition coefficient (Wildman–Crippen LogP) is 0.423. The van der Waals surface area contributed by atoms with Crippen molar-refractivity contribution in [3.8, 4) is 0 Å². The van der Waals surface area contributed by atoms with Crippen molar-refractivity contribution >= 4 is 11.8 Å². The fraction of sp³-hybridized carbons (Fsp3) is 0.583. The van der Waals surface area contributed by atoms with Gasteiger partial charge in [0.15, 0.2) is 0 Å². The standard InChI is InChI=1S/C12H18N4O3/c1-9-3-5-19-6-4-16(9)12(18)14-10-7-11(17)15(2)8-13-10/h7-9H,3-6H2,1-2H3,(H,14,18). The van der Waals surface area contributed by atoms with Crippen LogP contribution in [0.3, 0.4) is 0 Å². The quantitative estimate of drug-likeness (QED) is 0.799. The first-order valence-electron chi connectivity index (χ1n) is 6.26. The summed E-state index contributed by atoms with van der Waals surface area (Å²) in [5, 5.41) is 2.64. The fourth-order valence-corrected chi connectivity index (χ4v) is 1.91.